The number of aromatic nitrogens is 4. The minimum atomic E-state index is -0.693. The lowest BCUT2D eigenvalue weighted by Crippen LogP contribution is -2.51. The summed E-state index contributed by atoms with van der Waals surface area (Å²) in [7, 11) is 2.58. The van der Waals surface area contributed by atoms with Crippen molar-refractivity contribution in [3.63, 3.8) is 0 Å². The molecule has 4 aromatic heterocycles. The molecule has 4 unspecified atom stereocenters. The average Bonchev–Trinajstić information content (AvgIpc) is 4.03. The molecule has 4 atom stereocenters. The van der Waals surface area contributed by atoms with E-state index in [-0.39, 0.29) is 35.7 Å². The molecule has 0 spiro atoms. The molecule has 2 saturated heterocycles. The number of carbonyl (C=O) groups excluding carboxylic acids is 4. The molecular formula is C40H46N8O6S2. The van der Waals surface area contributed by atoms with Gasteiger partial charge in [0.25, 0.3) is 0 Å². The minimum absolute atomic E-state index is 0.106. The molecule has 2 aliphatic heterocycles. The average molecular weight is 799 g/mol. The predicted octanol–water partition coefficient (Wildman–Crippen LogP) is 6.72. The Hall–Kier alpha value is -5.40. The normalized spacial score (nSPS) is 18.0. The molecular weight excluding hydrogens is 753 g/mol. The van der Waals surface area contributed by atoms with E-state index in [0.29, 0.717) is 24.6 Å². The van der Waals surface area contributed by atoms with Gasteiger partial charge in [-0.05, 0) is 79.2 Å². The Morgan fingerprint density at radius 2 is 1.41 bits per heavy atom. The molecule has 56 heavy (non-hydrogen) atoms. The molecule has 7 rings (SSSR count). The number of hydrogen-bond acceptors (Lipinski definition) is 10. The van der Waals surface area contributed by atoms with E-state index in [0.717, 1.165) is 67.3 Å². The fourth-order valence-corrected chi connectivity index (χ4v) is 9.71. The van der Waals surface area contributed by atoms with E-state index < -0.39 is 24.3 Å². The van der Waals surface area contributed by atoms with Crippen LogP contribution in [0.2, 0.25) is 0 Å². The Balaban J connectivity index is 1.03. The number of likely N-dealkylation sites (tertiary alicyclic amines) is 2. The molecule has 1 aromatic carbocycles. The fraction of sp³-hybridized carbons (Fsp3) is 0.450. The number of H-pyrrole nitrogens is 2. The molecule has 0 aliphatic carbocycles. The van der Waals surface area contributed by atoms with E-state index >= 15 is 0 Å². The number of benzene rings is 1. The second-order valence-electron chi connectivity index (χ2n) is 14.8. The Morgan fingerprint density at radius 1 is 0.804 bits per heavy atom. The lowest BCUT2D eigenvalue weighted by Gasteiger charge is -2.29. The number of nitrogens with zero attached hydrogens (tertiary/aromatic N) is 4. The monoisotopic (exact) mass is 798 g/mol. The molecule has 14 nitrogen and oxygen atoms in total. The zero-order chi connectivity index (χ0) is 39.7. The lowest BCUT2D eigenvalue weighted by molar-refractivity contribution is -0.136. The van der Waals surface area contributed by atoms with Crippen molar-refractivity contribution < 1.29 is 28.7 Å². The van der Waals surface area contributed by atoms with Gasteiger partial charge in [0.15, 0.2) is 0 Å². The quantitative estimate of drug-likeness (QED) is 0.119. The largest absolute Gasteiger partial charge is 0.453 e. The summed E-state index contributed by atoms with van der Waals surface area (Å²) in [6, 6.07) is 8.66. The van der Waals surface area contributed by atoms with E-state index in [4.69, 9.17) is 14.5 Å². The molecule has 0 bridgehead atoms. The molecule has 6 heterocycles. The van der Waals surface area contributed by atoms with E-state index in [2.05, 4.69) is 61.7 Å². The lowest BCUT2D eigenvalue weighted by atomic mass is 10.0. The SMILES string of the molecule is COC(=O)NC(C(=O)N1CCCC1c1ncc(C#Cc2cc3sc(-c4ccc5nc(C6CCCN6C(=O)C(NC(=O)OC)C(C)C)[nH]c5c4)cc3s2)[nH]1)C(C)C. The van der Waals surface area contributed by atoms with Crippen molar-refractivity contribution in [1.29, 1.82) is 0 Å². The van der Waals surface area contributed by atoms with Crippen LogP contribution in [0.5, 0.6) is 0 Å². The molecule has 294 valence electrons. The third-order valence-electron chi connectivity index (χ3n) is 10.4. The van der Waals surface area contributed by atoms with Crippen LogP contribution in [0.4, 0.5) is 9.59 Å². The first-order chi connectivity index (χ1) is 26.9. The Labute approximate surface area is 332 Å². The molecule has 0 radical (unpaired) electrons. The van der Waals surface area contributed by atoms with Crippen LogP contribution < -0.4 is 10.6 Å². The molecule has 2 aliphatic rings. The molecule has 16 heteroatoms. The first kappa shape index (κ1) is 38.9. The maximum absolute atomic E-state index is 13.6. The van der Waals surface area contributed by atoms with Crippen LogP contribution in [0.1, 0.15) is 87.7 Å². The number of aromatic amines is 2. The van der Waals surface area contributed by atoms with Gasteiger partial charge in [-0.25, -0.2) is 19.6 Å². The topological polar surface area (TPSA) is 175 Å². The van der Waals surface area contributed by atoms with Gasteiger partial charge < -0.3 is 39.9 Å². The van der Waals surface area contributed by atoms with Crippen molar-refractivity contribution >= 4 is 67.1 Å². The number of nitrogens with one attached hydrogen (secondary N) is 4. The van der Waals surface area contributed by atoms with Gasteiger partial charge in [0.1, 0.15) is 29.4 Å². The van der Waals surface area contributed by atoms with Crippen LogP contribution >= 0.6 is 22.7 Å². The summed E-state index contributed by atoms with van der Waals surface area (Å²) in [5, 5.41) is 5.39. The van der Waals surface area contributed by atoms with Gasteiger partial charge in [0, 0.05) is 27.4 Å². The number of rotatable bonds is 9. The van der Waals surface area contributed by atoms with Crippen LogP contribution in [0.3, 0.4) is 0 Å². The Kier molecular flexibility index (Phi) is 11.4. The number of carbonyl (C=O) groups is 4. The zero-order valence-corrected chi connectivity index (χ0v) is 33.9. The summed E-state index contributed by atoms with van der Waals surface area (Å²) < 4.78 is 11.8. The van der Waals surface area contributed by atoms with Crippen LogP contribution in [0.25, 0.3) is 30.9 Å². The maximum Gasteiger partial charge on any atom is 0.407 e. The highest BCUT2D eigenvalue weighted by Crippen LogP contribution is 2.40. The third-order valence-corrected chi connectivity index (χ3v) is 12.7. The maximum atomic E-state index is 13.6. The van der Waals surface area contributed by atoms with E-state index in [1.165, 1.54) is 14.2 Å². The molecule has 5 aromatic rings. The van der Waals surface area contributed by atoms with Crippen LogP contribution in [-0.4, -0.2) is 93.1 Å². The van der Waals surface area contributed by atoms with Gasteiger partial charge in [-0.15, -0.1) is 22.7 Å². The number of thiophene rings is 2. The number of imidazole rings is 2. The highest BCUT2D eigenvalue weighted by molar-refractivity contribution is 7.29. The van der Waals surface area contributed by atoms with Crippen LogP contribution in [0, 0.1) is 23.7 Å². The highest BCUT2D eigenvalue weighted by Gasteiger charge is 2.39. The summed E-state index contributed by atoms with van der Waals surface area (Å²) in [4.78, 5) is 72.9. The van der Waals surface area contributed by atoms with Crippen molar-refractivity contribution in [2.75, 3.05) is 27.3 Å². The van der Waals surface area contributed by atoms with E-state index in [1.807, 2.05) is 38.7 Å². The first-order valence-corrected chi connectivity index (χ1v) is 20.5. The van der Waals surface area contributed by atoms with Gasteiger partial charge in [0.2, 0.25) is 11.8 Å². The van der Waals surface area contributed by atoms with Gasteiger partial charge in [-0.1, -0.05) is 33.8 Å². The summed E-state index contributed by atoms with van der Waals surface area (Å²) >= 11 is 3.33. The van der Waals surface area contributed by atoms with Crippen molar-refractivity contribution in [3.8, 4) is 22.3 Å². The molecule has 4 N–H and O–H groups in total. The third kappa shape index (κ3) is 7.96. The highest BCUT2D eigenvalue weighted by atomic mass is 32.1. The summed E-state index contributed by atoms with van der Waals surface area (Å²) in [5.74, 6) is 7.41. The van der Waals surface area contributed by atoms with Gasteiger partial charge in [-0.2, -0.15) is 0 Å². The van der Waals surface area contributed by atoms with Crippen LogP contribution in [0.15, 0.2) is 36.5 Å². The zero-order valence-electron chi connectivity index (χ0n) is 32.2. The summed E-state index contributed by atoms with van der Waals surface area (Å²) in [6.45, 7) is 8.77. The fourth-order valence-electron chi connectivity index (χ4n) is 7.46. The van der Waals surface area contributed by atoms with Gasteiger partial charge >= 0.3 is 12.2 Å². The molecule has 2 fully saturated rings. The molecule has 0 saturated carbocycles. The van der Waals surface area contributed by atoms with Crippen molar-refractivity contribution in [2.24, 2.45) is 11.8 Å². The minimum Gasteiger partial charge on any atom is -0.453 e. The summed E-state index contributed by atoms with van der Waals surface area (Å²) in [5.41, 5.74) is 3.46. The number of alkyl carbamates (subject to hydrolysis) is 2. The smallest absolute Gasteiger partial charge is 0.407 e. The van der Waals surface area contributed by atoms with Gasteiger partial charge in [-0.3, -0.25) is 9.59 Å². The number of methoxy groups -OCH3 is 2. The Morgan fingerprint density at radius 3 is 2.00 bits per heavy atom. The standard InChI is InChI=1S/C40H46N8O6S2/c1-21(2)33(45-39(51)53-5)37(49)47-15-7-9-28(47)35-41-20-24(42-35)12-13-25-18-31-32(55-25)19-30(56-31)23-11-14-26-27(17-23)44-36(43-26)29-10-8-16-48(29)38(50)34(22(3)4)46-40(52)54-6/h11,14,17-22,28-29,33-34H,7-10,15-16H2,1-6H3,(H,41,42)(H,43,44)(H,45,51)(H,46,52). The van der Waals surface area contributed by atoms with E-state index in [9.17, 15) is 19.2 Å². The second-order valence-corrected chi connectivity index (χ2v) is 17.0. The molecule has 4 amide bonds. The van der Waals surface area contributed by atoms with Crippen molar-refractivity contribution in [1.82, 2.24) is 40.4 Å². The van der Waals surface area contributed by atoms with Crippen molar-refractivity contribution in [3.05, 3.63) is 58.7 Å². The number of hydrogen-bond donors (Lipinski definition) is 4. The van der Waals surface area contributed by atoms with Crippen molar-refractivity contribution in [2.45, 2.75) is 77.5 Å². The Bertz CT molecular complexity index is 2300. The van der Waals surface area contributed by atoms with Crippen LogP contribution in [-0.2, 0) is 19.1 Å². The number of amides is 4. The van der Waals surface area contributed by atoms with E-state index in [1.54, 1.807) is 33.8 Å². The van der Waals surface area contributed by atoms with Gasteiger partial charge in [0.05, 0.1) is 48.4 Å². The number of fused-ring (bicyclic) bond motifs is 2. The summed E-state index contributed by atoms with van der Waals surface area (Å²) in [6.07, 6.45) is 3.69. The predicted molar refractivity (Wildman–Crippen MR) is 215 cm³/mol. The second kappa shape index (κ2) is 16.4. The number of ether oxygens (including phenoxy) is 2. The first-order valence-electron chi connectivity index (χ1n) is 18.8.